The van der Waals surface area contributed by atoms with E-state index in [1.54, 1.807) is 12.1 Å². The maximum absolute atomic E-state index is 8.91. The quantitative estimate of drug-likeness (QED) is 0.839. The number of nitrogen functional groups attached to an aromatic ring is 1. The Morgan fingerprint density at radius 1 is 1.05 bits per heavy atom. The van der Waals surface area contributed by atoms with Crippen molar-refractivity contribution in [2.45, 2.75) is 20.8 Å². The van der Waals surface area contributed by atoms with Crippen LogP contribution < -0.4 is 10.6 Å². The van der Waals surface area contributed by atoms with Gasteiger partial charge in [0.2, 0.25) is 0 Å². The van der Waals surface area contributed by atoms with E-state index in [0.717, 1.165) is 11.4 Å². The summed E-state index contributed by atoms with van der Waals surface area (Å²) < 4.78 is 0. The Hall–Kier alpha value is -2.47. The number of hydrogen-bond acceptors (Lipinski definition) is 3. The van der Waals surface area contributed by atoms with Gasteiger partial charge in [-0.15, -0.1) is 0 Å². The third kappa shape index (κ3) is 2.46. The van der Waals surface area contributed by atoms with E-state index >= 15 is 0 Å². The molecule has 0 radical (unpaired) electrons. The van der Waals surface area contributed by atoms with Crippen LogP contribution in [0.4, 0.5) is 17.1 Å². The molecule has 0 heterocycles. The first-order valence-electron chi connectivity index (χ1n) is 6.55. The number of nitriles is 1. The number of nitrogens with zero attached hydrogens (tertiary/aromatic N) is 2. The smallest absolute Gasteiger partial charge is 0.0992 e. The Morgan fingerprint density at radius 2 is 1.65 bits per heavy atom. The van der Waals surface area contributed by atoms with Crippen molar-refractivity contribution in [1.82, 2.24) is 0 Å². The summed E-state index contributed by atoms with van der Waals surface area (Å²) in [5, 5.41) is 8.91. The molecule has 2 aromatic rings. The summed E-state index contributed by atoms with van der Waals surface area (Å²) in [5.41, 5.74) is 13.0. The Labute approximate surface area is 120 Å². The molecule has 0 fully saturated rings. The minimum atomic E-state index is 0.581. The molecule has 0 saturated carbocycles. The fraction of sp³-hybridized carbons (Fsp3) is 0.235. The van der Waals surface area contributed by atoms with Gasteiger partial charge in [0.1, 0.15) is 0 Å². The summed E-state index contributed by atoms with van der Waals surface area (Å²) >= 11 is 0. The number of rotatable bonds is 2. The Balaban J connectivity index is 2.52. The van der Waals surface area contributed by atoms with E-state index in [-0.39, 0.29) is 0 Å². The van der Waals surface area contributed by atoms with Gasteiger partial charge in [-0.3, -0.25) is 0 Å². The van der Waals surface area contributed by atoms with Crippen molar-refractivity contribution in [2.75, 3.05) is 17.7 Å². The van der Waals surface area contributed by atoms with Crippen LogP contribution in [0, 0.1) is 32.1 Å². The zero-order chi connectivity index (χ0) is 14.9. The summed E-state index contributed by atoms with van der Waals surface area (Å²) in [6.07, 6.45) is 0. The van der Waals surface area contributed by atoms with Crippen LogP contribution in [0.3, 0.4) is 0 Å². The van der Waals surface area contributed by atoms with Crippen LogP contribution in [0.15, 0.2) is 30.3 Å². The zero-order valence-corrected chi connectivity index (χ0v) is 12.4. The van der Waals surface area contributed by atoms with Crippen LogP contribution in [0.25, 0.3) is 0 Å². The predicted octanol–water partition coefficient (Wildman–Crippen LogP) is 3.83. The highest BCUT2D eigenvalue weighted by atomic mass is 15.1. The van der Waals surface area contributed by atoms with Crippen molar-refractivity contribution in [2.24, 2.45) is 0 Å². The first-order chi connectivity index (χ1) is 9.43. The van der Waals surface area contributed by atoms with Gasteiger partial charge < -0.3 is 10.6 Å². The Morgan fingerprint density at radius 3 is 2.15 bits per heavy atom. The van der Waals surface area contributed by atoms with Crippen molar-refractivity contribution >= 4 is 17.1 Å². The minimum absolute atomic E-state index is 0.581. The lowest BCUT2D eigenvalue weighted by Gasteiger charge is -2.25. The van der Waals surface area contributed by atoms with Gasteiger partial charge in [-0.2, -0.15) is 5.26 Å². The van der Waals surface area contributed by atoms with Crippen molar-refractivity contribution in [1.29, 1.82) is 5.26 Å². The third-order valence-electron chi connectivity index (χ3n) is 3.49. The molecule has 0 spiro atoms. The number of nitrogens with two attached hydrogens (primary N) is 1. The van der Waals surface area contributed by atoms with Crippen molar-refractivity contribution < 1.29 is 0 Å². The third-order valence-corrected chi connectivity index (χ3v) is 3.49. The van der Waals surface area contributed by atoms with E-state index in [4.69, 9.17) is 11.0 Å². The number of aryl methyl sites for hydroxylation is 3. The molecule has 0 saturated heterocycles. The van der Waals surface area contributed by atoms with Gasteiger partial charge in [0, 0.05) is 12.7 Å². The molecule has 0 atom stereocenters. The molecule has 0 aliphatic carbocycles. The average Bonchev–Trinajstić information content (AvgIpc) is 2.37. The SMILES string of the molecule is Cc1cc(C)c(N(C)c2ccc(C#N)cc2N)c(C)c1. The van der Waals surface area contributed by atoms with E-state index in [1.807, 2.05) is 13.1 Å². The number of anilines is 3. The lowest BCUT2D eigenvalue weighted by atomic mass is 10.0. The Kier molecular flexibility index (Phi) is 3.67. The van der Waals surface area contributed by atoms with Crippen LogP contribution in [0.5, 0.6) is 0 Å². The maximum Gasteiger partial charge on any atom is 0.0992 e. The first-order valence-corrected chi connectivity index (χ1v) is 6.55. The summed E-state index contributed by atoms with van der Waals surface area (Å²) in [6, 6.07) is 11.8. The first kappa shape index (κ1) is 14.0. The van der Waals surface area contributed by atoms with Crippen LogP contribution >= 0.6 is 0 Å². The monoisotopic (exact) mass is 265 g/mol. The second kappa shape index (κ2) is 5.26. The predicted molar refractivity (Wildman–Crippen MR) is 84.3 cm³/mol. The summed E-state index contributed by atoms with van der Waals surface area (Å²) in [5.74, 6) is 0. The normalized spacial score (nSPS) is 10.2. The standard InChI is InChI=1S/C17H19N3/c1-11-7-12(2)17(13(3)8-11)20(4)16-6-5-14(10-18)9-15(16)19/h5-9H,19H2,1-4H3. The molecular weight excluding hydrogens is 246 g/mol. The van der Waals surface area contributed by atoms with Gasteiger partial charge in [0.15, 0.2) is 0 Å². The molecule has 0 aliphatic rings. The van der Waals surface area contributed by atoms with E-state index < -0.39 is 0 Å². The molecule has 102 valence electrons. The fourth-order valence-corrected chi connectivity index (χ4v) is 2.75. The minimum Gasteiger partial charge on any atom is -0.397 e. The second-order valence-electron chi connectivity index (χ2n) is 5.19. The molecule has 0 aliphatic heterocycles. The van der Waals surface area contributed by atoms with Crippen LogP contribution in [0.2, 0.25) is 0 Å². The molecule has 2 aromatic carbocycles. The highest BCUT2D eigenvalue weighted by Crippen LogP contribution is 2.34. The molecule has 0 unspecified atom stereocenters. The maximum atomic E-state index is 8.91. The second-order valence-corrected chi connectivity index (χ2v) is 5.19. The van der Waals surface area contributed by atoms with E-state index in [2.05, 4.69) is 43.9 Å². The van der Waals surface area contributed by atoms with Crippen LogP contribution in [0.1, 0.15) is 22.3 Å². The van der Waals surface area contributed by atoms with Crippen LogP contribution in [-0.2, 0) is 0 Å². The van der Waals surface area contributed by atoms with E-state index in [0.29, 0.717) is 11.3 Å². The molecule has 3 heteroatoms. The highest BCUT2D eigenvalue weighted by Gasteiger charge is 2.13. The Bertz CT molecular complexity index is 673. The van der Waals surface area contributed by atoms with Gasteiger partial charge in [-0.1, -0.05) is 17.7 Å². The highest BCUT2D eigenvalue weighted by molar-refractivity contribution is 5.78. The molecule has 0 bridgehead atoms. The van der Waals surface area contributed by atoms with Crippen molar-refractivity contribution in [3.63, 3.8) is 0 Å². The van der Waals surface area contributed by atoms with E-state index in [9.17, 15) is 0 Å². The molecule has 3 nitrogen and oxygen atoms in total. The van der Waals surface area contributed by atoms with Gasteiger partial charge in [0.25, 0.3) is 0 Å². The zero-order valence-electron chi connectivity index (χ0n) is 12.4. The van der Waals surface area contributed by atoms with Crippen LogP contribution in [-0.4, -0.2) is 7.05 Å². The molecule has 0 amide bonds. The van der Waals surface area contributed by atoms with Crippen molar-refractivity contribution in [3.05, 3.63) is 52.6 Å². The van der Waals surface area contributed by atoms with Gasteiger partial charge in [-0.05, 0) is 50.1 Å². The molecule has 20 heavy (non-hydrogen) atoms. The molecule has 2 N–H and O–H groups in total. The fourth-order valence-electron chi connectivity index (χ4n) is 2.75. The number of hydrogen-bond donors (Lipinski definition) is 1. The lowest BCUT2D eigenvalue weighted by Crippen LogP contribution is -2.14. The van der Waals surface area contributed by atoms with E-state index in [1.165, 1.54) is 16.7 Å². The largest absolute Gasteiger partial charge is 0.397 e. The van der Waals surface area contributed by atoms with Gasteiger partial charge in [0.05, 0.1) is 23.0 Å². The number of benzene rings is 2. The molecule has 2 rings (SSSR count). The van der Waals surface area contributed by atoms with Crippen molar-refractivity contribution in [3.8, 4) is 6.07 Å². The van der Waals surface area contributed by atoms with Gasteiger partial charge in [-0.25, -0.2) is 0 Å². The lowest BCUT2D eigenvalue weighted by molar-refractivity contribution is 1.15. The summed E-state index contributed by atoms with van der Waals surface area (Å²) in [4.78, 5) is 2.08. The summed E-state index contributed by atoms with van der Waals surface area (Å²) in [7, 11) is 2.00. The summed E-state index contributed by atoms with van der Waals surface area (Å²) in [6.45, 7) is 6.30. The molecular formula is C17H19N3. The average molecular weight is 265 g/mol. The topological polar surface area (TPSA) is 53.0 Å². The van der Waals surface area contributed by atoms with Gasteiger partial charge >= 0.3 is 0 Å². The molecule has 0 aromatic heterocycles.